The van der Waals surface area contributed by atoms with Crippen LogP contribution in [0.1, 0.15) is 53.7 Å². The van der Waals surface area contributed by atoms with Crippen molar-refractivity contribution >= 4 is 39.5 Å². The van der Waals surface area contributed by atoms with Crippen molar-refractivity contribution in [3.8, 4) is 5.75 Å². The summed E-state index contributed by atoms with van der Waals surface area (Å²) in [4.78, 5) is 47.6. The molecule has 5 N–H and O–H groups in total. The first-order valence-corrected chi connectivity index (χ1v) is 15.1. The summed E-state index contributed by atoms with van der Waals surface area (Å²) in [5, 5.41) is 2.31. The Kier molecular flexibility index (Phi) is 10.2. The molecule has 45 heavy (non-hydrogen) atoms. The third-order valence-corrected chi connectivity index (χ3v) is 9.30. The number of hydrogen-bond acceptors (Lipinski definition) is 7. The van der Waals surface area contributed by atoms with Crippen molar-refractivity contribution in [3.05, 3.63) is 58.4 Å². The summed E-state index contributed by atoms with van der Waals surface area (Å²) in [6, 6.07) is 5.18. The van der Waals surface area contributed by atoms with Gasteiger partial charge in [0, 0.05) is 30.3 Å². The largest absolute Gasteiger partial charge is 0.573 e. The van der Waals surface area contributed by atoms with Crippen LogP contribution in [-0.4, -0.2) is 61.5 Å². The van der Waals surface area contributed by atoms with Crippen molar-refractivity contribution in [2.45, 2.75) is 58.2 Å². The van der Waals surface area contributed by atoms with Crippen LogP contribution in [0.25, 0.3) is 0 Å². The van der Waals surface area contributed by atoms with Gasteiger partial charge in [-0.15, -0.1) is 13.2 Å². The molecule has 2 heterocycles. The Bertz CT molecular complexity index is 1600. The van der Waals surface area contributed by atoms with E-state index in [1.54, 1.807) is 39.8 Å². The zero-order chi connectivity index (χ0) is 34.1. The third-order valence-electron chi connectivity index (χ3n) is 7.50. The van der Waals surface area contributed by atoms with E-state index in [4.69, 9.17) is 11.5 Å². The molecule has 0 aromatic heterocycles. The highest BCUT2D eigenvalue weighted by molar-refractivity contribution is 7.88. The van der Waals surface area contributed by atoms with E-state index in [-0.39, 0.29) is 42.1 Å². The number of benzene rings is 2. The van der Waals surface area contributed by atoms with Gasteiger partial charge in [-0.3, -0.25) is 24.6 Å². The van der Waals surface area contributed by atoms with E-state index in [9.17, 15) is 45.2 Å². The van der Waals surface area contributed by atoms with Crippen molar-refractivity contribution in [3.63, 3.8) is 0 Å². The Hall–Kier alpha value is -4.25. The molecule has 5 amide bonds. The number of carbonyl (C=O) groups excluding carboxylic acids is 4. The highest BCUT2D eigenvalue weighted by Gasteiger charge is 2.46. The molecule has 2 aromatic carbocycles. The first-order valence-electron chi connectivity index (χ1n) is 13.5. The number of hydrogen-bond donors (Lipinski definition) is 3. The van der Waals surface area contributed by atoms with Crippen molar-refractivity contribution in [1.82, 2.24) is 9.62 Å². The number of sulfonamides is 1. The van der Waals surface area contributed by atoms with Crippen LogP contribution in [0.4, 0.5) is 28.0 Å². The summed E-state index contributed by atoms with van der Waals surface area (Å²) >= 11 is 0. The molecule has 17 heteroatoms. The normalized spacial score (nSPS) is 17.4. The number of ether oxygens (including phenoxy) is 1. The second-order valence-corrected chi connectivity index (χ2v) is 13.1. The Labute approximate surface area is 256 Å². The third kappa shape index (κ3) is 8.27. The molecule has 0 atom stereocenters. The highest BCUT2D eigenvalue weighted by Crippen LogP contribution is 2.33. The van der Waals surface area contributed by atoms with Crippen LogP contribution in [0.15, 0.2) is 30.3 Å². The first-order chi connectivity index (χ1) is 20.6. The summed E-state index contributed by atoms with van der Waals surface area (Å²) in [6.07, 6.45) is -4.16. The lowest BCUT2D eigenvalue weighted by Gasteiger charge is -2.31. The molecule has 2 fully saturated rings. The Morgan fingerprint density at radius 1 is 1.04 bits per heavy atom. The van der Waals surface area contributed by atoms with E-state index >= 15 is 0 Å². The van der Waals surface area contributed by atoms with Crippen LogP contribution in [0.3, 0.4) is 0 Å². The van der Waals surface area contributed by atoms with Gasteiger partial charge in [0.1, 0.15) is 5.54 Å². The topological polar surface area (TPSA) is 182 Å². The average Bonchev–Trinajstić information content (AvgIpc) is 3.12. The van der Waals surface area contributed by atoms with E-state index in [2.05, 4.69) is 10.1 Å². The number of aryl methyl sites for hydroxylation is 2. The van der Waals surface area contributed by atoms with Gasteiger partial charge in [0.2, 0.25) is 21.8 Å². The van der Waals surface area contributed by atoms with Gasteiger partial charge in [-0.2, -0.15) is 0 Å². The molecular weight excluding hydrogens is 626 g/mol. The number of urea groups is 1. The highest BCUT2D eigenvalue weighted by atomic mass is 32.2. The van der Waals surface area contributed by atoms with E-state index < -0.39 is 45.4 Å². The lowest BCUT2D eigenvalue weighted by molar-refractivity contribution is -0.275. The van der Waals surface area contributed by atoms with Crippen LogP contribution in [0, 0.1) is 25.6 Å². The van der Waals surface area contributed by atoms with Crippen LogP contribution in [0.5, 0.6) is 5.75 Å². The van der Waals surface area contributed by atoms with Crippen LogP contribution >= 0.6 is 0 Å². The van der Waals surface area contributed by atoms with Crippen molar-refractivity contribution in [1.29, 1.82) is 0 Å². The molecule has 0 bridgehead atoms. The minimum absolute atomic E-state index is 0.166. The number of carbonyl (C=O) groups is 4. The van der Waals surface area contributed by atoms with Crippen molar-refractivity contribution < 1.29 is 49.9 Å². The van der Waals surface area contributed by atoms with E-state index in [0.29, 0.717) is 36.2 Å². The maximum Gasteiger partial charge on any atom is 0.573 e. The molecule has 2 aromatic rings. The van der Waals surface area contributed by atoms with Crippen molar-refractivity contribution in [2.24, 2.45) is 17.4 Å². The monoisotopic (exact) mass is 659 g/mol. The summed E-state index contributed by atoms with van der Waals surface area (Å²) in [6.45, 7) is 7.46. The fourth-order valence-corrected chi connectivity index (χ4v) is 6.75. The predicted molar refractivity (Wildman–Crippen MR) is 154 cm³/mol. The average molecular weight is 660 g/mol. The van der Waals surface area contributed by atoms with Gasteiger partial charge in [0.15, 0.2) is 11.6 Å². The van der Waals surface area contributed by atoms with Crippen molar-refractivity contribution in [2.75, 3.05) is 18.0 Å². The molecule has 0 radical (unpaired) electrons. The number of piperidine rings is 1. The molecular formula is C28H33F4N5O7S. The number of imide groups is 1. The number of primary amides is 2. The lowest BCUT2D eigenvalue weighted by Crippen LogP contribution is -2.44. The Morgan fingerprint density at radius 3 is 2.04 bits per heavy atom. The molecule has 0 spiro atoms. The Balaban J connectivity index is 0.000000309. The molecule has 12 nitrogen and oxygen atoms in total. The summed E-state index contributed by atoms with van der Waals surface area (Å²) in [5.41, 5.74) is 11.5. The second-order valence-electron chi connectivity index (χ2n) is 11.1. The van der Waals surface area contributed by atoms with E-state index in [0.717, 1.165) is 17.2 Å². The molecule has 4 rings (SSSR count). The van der Waals surface area contributed by atoms with Gasteiger partial charge in [-0.25, -0.2) is 21.9 Å². The molecule has 0 unspecified atom stereocenters. The standard InChI is InChI=1S/C20H28N4O5S.C8H5F4NO2/c1-12-9-15(24-19(27)22-18(26)20(24,3)4)10-13(2)16(12)11-30(28,29)23-7-5-14(6-8-23)17(21)25;9-5-2-1-4(7(13)14)3-6(5)15-8(10,11)12/h9-10,14H,5-8,11H2,1-4H3,(H2,21,25)(H,22,26,27);1-3H,(H2,13,14). The van der Waals surface area contributed by atoms with Gasteiger partial charge in [0.25, 0.3) is 5.91 Å². The number of nitrogens with two attached hydrogens (primary N) is 2. The zero-order valence-electron chi connectivity index (χ0n) is 24.8. The van der Waals surface area contributed by atoms with Crippen LogP contribution in [-0.2, 0) is 25.4 Å². The number of anilines is 1. The molecule has 0 aliphatic carbocycles. The van der Waals surface area contributed by atoms with E-state index in [1.807, 2.05) is 0 Å². The summed E-state index contributed by atoms with van der Waals surface area (Å²) < 4.78 is 78.7. The van der Waals surface area contributed by atoms with Gasteiger partial charge in [-0.1, -0.05) is 0 Å². The molecule has 0 saturated carbocycles. The number of amides is 5. The molecule has 2 saturated heterocycles. The lowest BCUT2D eigenvalue weighted by atomic mass is 9.98. The number of alkyl halides is 3. The summed E-state index contributed by atoms with van der Waals surface area (Å²) in [5.74, 6) is -4.49. The maximum atomic E-state index is 13.0. The minimum Gasteiger partial charge on any atom is -0.403 e. The second kappa shape index (κ2) is 13.0. The minimum atomic E-state index is -5.02. The summed E-state index contributed by atoms with van der Waals surface area (Å²) in [7, 11) is -3.57. The Morgan fingerprint density at radius 2 is 1.60 bits per heavy atom. The van der Waals surface area contributed by atoms with Crippen LogP contribution < -0.4 is 26.4 Å². The predicted octanol–water partition coefficient (Wildman–Crippen LogP) is 2.99. The molecule has 2 aliphatic heterocycles. The SMILES string of the molecule is Cc1cc(N2C(=O)NC(=O)C2(C)C)cc(C)c1CS(=O)(=O)N1CCC(C(N)=O)CC1.NC(=O)c1ccc(F)c(OC(F)(F)F)c1. The zero-order valence-corrected chi connectivity index (χ0v) is 25.6. The van der Waals surface area contributed by atoms with Gasteiger partial charge in [-0.05, 0) is 87.6 Å². The smallest absolute Gasteiger partial charge is 0.403 e. The van der Waals surface area contributed by atoms with Gasteiger partial charge >= 0.3 is 12.4 Å². The van der Waals surface area contributed by atoms with E-state index in [1.165, 1.54) is 9.21 Å². The van der Waals surface area contributed by atoms with Gasteiger partial charge in [0.05, 0.1) is 5.75 Å². The fourth-order valence-electron chi connectivity index (χ4n) is 4.98. The maximum absolute atomic E-state index is 13.0. The molecule has 246 valence electrons. The first kappa shape index (κ1) is 35.2. The quantitative estimate of drug-likeness (QED) is 0.302. The number of halogens is 4. The van der Waals surface area contributed by atoms with Gasteiger partial charge < -0.3 is 16.2 Å². The number of nitrogens with zero attached hydrogens (tertiary/aromatic N) is 2. The van der Waals surface area contributed by atoms with Crippen LogP contribution in [0.2, 0.25) is 0 Å². The fraction of sp³-hybridized carbons (Fsp3) is 0.429. The number of nitrogens with one attached hydrogen (secondary N) is 1. The molecule has 2 aliphatic rings. The number of rotatable bonds is 7.